The molecule has 0 radical (unpaired) electrons. The zero-order valence-electron chi connectivity index (χ0n) is 8.09. The van der Waals surface area contributed by atoms with Crippen molar-refractivity contribution in [2.45, 2.75) is 50.7 Å². The van der Waals surface area contributed by atoms with Crippen molar-refractivity contribution >= 4 is 11.8 Å². The van der Waals surface area contributed by atoms with Gasteiger partial charge in [-0.3, -0.25) is 0 Å². The van der Waals surface area contributed by atoms with E-state index >= 15 is 0 Å². The topological polar surface area (TPSA) is 0 Å². The van der Waals surface area contributed by atoms with E-state index < -0.39 is 0 Å². The standard InChI is InChI=1S/C11H20S/c1-2-3-4-5-6-7-8-9-11-10-12-11/h8-9,11H,2-7,10H2,1H3/b9-8+. The van der Waals surface area contributed by atoms with Crippen LogP contribution in [0.1, 0.15) is 45.4 Å². The van der Waals surface area contributed by atoms with E-state index in [4.69, 9.17) is 0 Å². The van der Waals surface area contributed by atoms with Crippen LogP contribution < -0.4 is 0 Å². The predicted octanol–water partition coefficient (Wildman–Crippen LogP) is 4.02. The van der Waals surface area contributed by atoms with Crippen molar-refractivity contribution in [2.75, 3.05) is 5.75 Å². The Kier molecular flexibility index (Phi) is 5.59. The zero-order valence-corrected chi connectivity index (χ0v) is 8.91. The van der Waals surface area contributed by atoms with Crippen molar-refractivity contribution in [1.29, 1.82) is 0 Å². The molecule has 1 aliphatic rings. The van der Waals surface area contributed by atoms with Gasteiger partial charge >= 0.3 is 0 Å². The summed E-state index contributed by atoms with van der Waals surface area (Å²) in [6.07, 6.45) is 13.1. The van der Waals surface area contributed by atoms with Gasteiger partial charge in [-0.05, 0) is 12.8 Å². The van der Waals surface area contributed by atoms with Gasteiger partial charge in [-0.15, -0.1) is 0 Å². The minimum atomic E-state index is 0.889. The SMILES string of the molecule is CCCCCCC/C=C/C1CS1. The van der Waals surface area contributed by atoms with Crippen LogP contribution in [-0.4, -0.2) is 11.0 Å². The summed E-state index contributed by atoms with van der Waals surface area (Å²) in [4.78, 5) is 0. The molecule has 0 nitrogen and oxygen atoms in total. The van der Waals surface area contributed by atoms with Crippen molar-refractivity contribution < 1.29 is 0 Å². The summed E-state index contributed by atoms with van der Waals surface area (Å²) in [5, 5.41) is 0.889. The number of allylic oxidation sites excluding steroid dienone is 1. The molecule has 1 heteroatoms. The maximum absolute atomic E-state index is 2.38. The minimum Gasteiger partial charge on any atom is -0.152 e. The molecule has 0 amide bonds. The van der Waals surface area contributed by atoms with Crippen molar-refractivity contribution in [3.8, 4) is 0 Å². The second kappa shape index (κ2) is 6.59. The summed E-state index contributed by atoms with van der Waals surface area (Å²) in [5.74, 6) is 1.37. The van der Waals surface area contributed by atoms with E-state index in [1.54, 1.807) is 0 Å². The number of hydrogen-bond acceptors (Lipinski definition) is 1. The van der Waals surface area contributed by atoms with Gasteiger partial charge in [0.25, 0.3) is 0 Å². The Bertz CT molecular complexity index is 125. The largest absolute Gasteiger partial charge is 0.152 e. The van der Waals surface area contributed by atoms with Gasteiger partial charge in [0.05, 0.1) is 0 Å². The first-order valence-corrected chi connectivity index (χ1v) is 6.26. The Morgan fingerprint density at radius 1 is 1.25 bits per heavy atom. The Hall–Kier alpha value is 0.0900. The molecule has 0 bridgehead atoms. The predicted molar refractivity (Wildman–Crippen MR) is 58.8 cm³/mol. The molecular weight excluding hydrogens is 164 g/mol. The maximum Gasteiger partial charge on any atom is 0.0318 e. The number of rotatable bonds is 7. The highest BCUT2D eigenvalue weighted by Crippen LogP contribution is 2.31. The molecule has 1 heterocycles. The summed E-state index contributed by atoms with van der Waals surface area (Å²) in [6, 6.07) is 0. The van der Waals surface area contributed by atoms with Gasteiger partial charge in [0, 0.05) is 11.0 Å². The van der Waals surface area contributed by atoms with Crippen LogP contribution in [0.15, 0.2) is 12.2 Å². The molecule has 0 saturated carbocycles. The second-order valence-corrected chi connectivity index (χ2v) is 4.77. The third-order valence-corrected chi connectivity index (χ3v) is 3.06. The van der Waals surface area contributed by atoms with Crippen LogP contribution in [0.25, 0.3) is 0 Å². The van der Waals surface area contributed by atoms with Gasteiger partial charge in [0.1, 0.15) is 0 Å². The summed E-state index contributed by atoms with van der Waals surface area (Å²) in [6.45, 7) is 2.27. The molecule has 1 atom stereocenters. The van der Waals surface area contributed by atoms with E-state index in [1.807, 2.05) is 0 Å². The first-order valence-electron chi connectivity index (χ1n) is 5.21. The van der Waals surface area contributed by atoms with Crippen LogP contribution in [0.2, 0.25) is 0 Å². The van der Waals surface area contributed by atoms with Gasteiger partial charge in [0.2, 0.25) is 0 Å². The maximum atomic E-state index is 2.38. The third-order valence-electron chi connectivity index (χ3n) is 2.18. The van der Waals surface area contributed by atoms with Crippen molar-refractivity contribution in [3.05, 3.63) is 12.2 Å². The van der Waals surface area contributed by atoms with Crippen molar-refractivity contribution in [2.24, 2.45) is 0 Å². The molecule has 0 aromatic rings. The Morgan fingerprint density at radius 3 is 2.67 bits per heavy atom. The molecule has 0 aromatic heterocycles. The number of unbranched alkanes of at least 4 members (excludes halogenated alkanes) is 5. The normalized spacial score (nSPS) is 21.9. The van der Waals surface area contributed by atoms with Crippen molar-refractivity contribution in [1.82, 2.24) is 0 Å². The van der Waals surface area contributed by atoms with Crippen LogP contribution in [0.4, 0.5) is 0 Å². The van der Waals surface area contributed by atoms with Crippen LogP contribution in [0.5, 0.6) is 0 Å². The average Bonchev–Trinajstić information content (AvgIpc) is 2.87. The molecule has 1 fully saturated rings. The Balaban J connectivity index is 1.75. The second-order valence-electron chi connectivity index (χ2n) is 3.50. The molecule has 0 aromatic carbocycles. The van der Waals surface area contributed by atoms with Crippen LogP contribution in [-0.2, 0) is 0 Å². The van der Waals surface area contributed by atoms with Crippen molar-refractivity contribution in [3.63, 3.8) is 0 Å². The quantitative estimate of drug-likeness (QED) is 0.327. The van der Waals surface area contributed by atoms with E-state index in [9.17, 15) is 0 Å². The fraction of sp³-hybridized carbons (Fsp3) is 0.818. The molecule has 1 rings (SSSR count). The van der Waals surface area contributed by atoms with E-state index in [2.05, 4.69) is 30.8 Å². The third kappa shape index (κ3) is 5.70. The summed E-state index contributed by atoms with van der Waals surface area (Å²) < 4.78 is 0. The highest BCUT2D eigenvalue weighted by Gasteiger charge is 2.17. The molecule has 1 unspecified atom stereocenters. The van der Waals surface area contributed by atoms with Gasteiger partial charge in [-0.25, -0.2) is 0 Å². The smallest absolute Gasteiger partial charge is 0.0318 e. The Labute approximate surface area is 80.8 Å². The van der Waals surface area contributed by atoms with Gasteiger partial charge in [0.15, 0.2) is 0 Å². The summed E-state index contributed by atoms with van der Waals surface area (Å²) >= 11 is 2.05. The molecule has 0 spiro atoms. The summed E-state index contributed by atoms with van der Waals surface area (Å²) in [7, 11) is 0. The van der Waals surface area contributed by atoms with E-state index in [0.717, 1.165) is 5.25 Å². The van der Waals surface area contributed by atoms with Crippen LogP contribution >= 0.6 is 11.8 Å². The monoisotopic (exact) mass is 184 g/mol. The lowest BCUT2D eigenvalue weighted by atomic mass is 10.1. The molecule has 0 N–H and O–H groups in total. The minimum absolute atomic E-state index is 0.889. The first-order chi connectivity index (χ1) is 5.93. The highest BCUT2D eigenvalue weighted by molar-refractivity contribution is 8.07. The van der Waals surface area contributed by atoms with E-state index in [1.165, 1.54) is 44.3 Å². The summed E-state index contributed by atoms with van der Waals surface area (Å²) in [5.41, 5.74) is 0. The lowest BCUT2D eigenvalue weighted by Crippen LogP contribution is -1.77. The number of thioether (sulfide) groups is 1. The number of hydrogen-bond donors (Lipinski definition) is 0. The van der Waals surface area contributed by atoms with Gasteiger partial charge in [-0.2, -0.15) is 11.8 Å². The van der Waals surface area contributed by atoms with Crippen LogP contribution in [0, 0.1) is 0 Å². The highest BCUT2D eigenvalue weighted by atomic mass is 32.2. The fourth-order valence-corrected chi connectivity index (χ4v) is 1.72. The molecule has 1 aliphatic heterocycles. The lowest BCUT2D eigenvalue weighted by Gasteiger charge is -1.95. The fourth-order valence-electron chi connectivity index (χ4n) is 1.28. The average molecular weight is 184 g/mol. The first kappa shape index (κ1) is 10.2. The van der Waals surface area contributed by atoms with Gasteiger partial charge < -0.3 is 0 Å². The molecular formula is C11H20S. The van der Waals surface area contributed by atoms with E-state index in [0.29, 0.717) is 0 Å². The molecule has 1 saturated heterocycles. The molecule has 12 heavy (non-hydrogen) atoms. The molecule has 70 valence electrons. The van der Waals surface area contributed by atoms with Gasteiger partial charge in [-0.1, -0.05) is 44.8 Å². The van der Waals surface area contributed by atoms with E-state index in [-0.39, 0.29) is 0 Å². The molecule has 0 aliphatic carbocycles. The lowest BCUT2D eigenvalue weighted by molar-refractivity contribution is 0.637. The van der Waals surface area contributed by atoms with Crippen LogP contribution in [0.3, 0.4) is 0 Å². The zero-order chi connectivity index (χ0) is 8.65. The Morgan fingerprint density at radius 2 is 2.00 bits per heavy atom.